The van der Waals surface area contributed by atoms with Gasteiger partial charge in [0, 0.05) is 25.0 Å². The summed E-state index contributed by atoms with van der Waals surface area (Å²) in [5.74, 6) is 0. The van der Waals surface area contributed by atoms with E-state index in [1.807, 2.05) is 29.8 Å². The second kappa shape index (κ2) is 4.21. The highest BCUT2D eigenvalue weighted by molar-refractivity contribution is 6.35. The summed E-state index contributed by atoms with van der Waals surface area (Å²) in [4.78, 5) is 0. The lowest BCUT2D eigenvalue weighted by atomic mass is 10.1. The first-order valence-electron chi connectivity index (χ1n) is 5.02. The molecule has 0 bridgehead atoms. The Hall–Kier alpha value is -1.06. The molecular weight excluding hydrogens is 212 g/mol. The lowest BCUT2D eigenvalue weighted by molar-refractivity contribution is 0.296. The molecule has 2 aromatic rings. The second-order valence-electron chi connectivity index (χ2n) is 3.37. The first kappa shape index (κ1) is 10.5. The van der Waals surface area contributed by atoms with Gasteiger partial charge in [0.2, 0.25) is 0 Å². The number of aliphatic hydroxyl groups excluding tert-OH is 1. The largest absolute Gasteiger partial charge is 0.396 e. The van der Waals surface area contributed by atoms with Crippen molar-refractivity contribution in [2.45, 2.75) is 19.9 Å². The number of aliphatic hydroxyl groups is 1. The van der Waals surface area contributed by atoms with Crippen molar-refractivity contribution in [3.63, 3.8) is 0 Å². The van der Waals surface area contributed by atoms with Gasteiger partial charge in [0.05, 0.1) is 16.2 Å². The lowest BCUT2D eigenvalue weighted by Gasteiger charge is -2.03. The molecule has 0 aliphatic heterocycles. The Morgan fingerprint density at radius 1 is 1.47 bits per heavy atom. The van der Waals surface area contributed by atoms with Crippen LogP contribution in [0.3, 0.4) is 0 Å². The van der Waals surface area contributed by atoms with Crippen molar-refractivity contribution < 1.29 is 5.11 Å². The van der Waals surface area contributed by atoms with Crippen LogP contribution in [0.2, 0.25) is 5.02 Å². The fraction of sp³-hybridized carbons (Fsp3) is 0.364. The Labute approximate surface area is 93.3 Å². The molecule has 0 fully saturated rings. The minimum Gasteiger partial charge on any atom is -0.396 e. The van der Waals surface area contributed by atoms with E-state index in [0.717, 1.165) is 23.1 Å². The molecule has 0 atom stereocenters. The zero-order valence-electron chi connectivity index (χ0n) is 8.57. The molecule has 1 aromatic heterocycles. The van der Waals surface area contributed by atoms with Crippen LogP contribution in [0.15, 0.2) is 18.2 Å². The van der Waals surface area contributed by atoms with Crippen LogP contribution in [0.1, 0.15) is 12.6 Å². The van der Waals surface area contributed by atoms with E-state index in [2.05, 4.69) is 5.10 Å². The smallest absolute Gasteiger partial charge is 0.0941 e. The lowest BCUT2D eigenvalue weighted by Crippen LogP contribution is -2.04. The van der Waals surface area contributed by atoms with E-state index >= 15 is 0 Å². The summed E-state index contributed by atoms with van der Waals surface area (Å²) < 4.78 is 1.90. The molecule has 80 valence electrons. The van der Waals surface area contributed by atoms with Crippen molar-refractivity contribution in [2.24, 2.45) is 0 Å². The van der Waals surface area contributed by atoms with Crippen molar-refractivity contribution >= 4 is 22.5 Å². The highest BCUT2D eigenvalue weighted by atomic mass is 35.5. The number of benzene rings is 1. The van der Waals surface area contributed by atoms with Gasteiger partial charge in [-0.1, -0.05) is 17.7 Å². The Morgan fingerprint density at radius 2 is 2.27 bits per heavy atom. The average molecular weight is 225 g/mol. The molecule has 0 amide bonds. The van der Waals surface area contributed by atoms with Crippen LogP contribution in [-0.2, 0) is 13.0 Å². The number of hydrogen-bond acceptors (Lipinski definition) is 2. The summed E-state index contributed by atoms with van der Waals surface area (Å²) in [6.45, 7) is 2.94. The third-order valence-electron chi connectivity index (χ3n) is 2.47. The van der Waals surface area contributed by atoms with E-state index in [0.29, 0.717) is 11.4 Å². The maximum atomic E-state index is 9.02. The Bertz CT molecular complexity index is 479. The van der Waals surface area contributed by atoms with Gasteiger partial charge in [-0.05, 0) is 19.1 Å². The monoisotopic (exact) mass is 224 g/mol. The molecule has 0 aliphatic carbocycles. The summed E-state index contributed by atoms with van der Waals surface area (Å²) in [6, 6.07) is 5.68. The van der Waals surface area contributed by atoms with Gasteiger partial charge in [-0.3, -0.25) is 4.68 Å². The van der Waals surface area contributed by atoms with Crippen molar-refractivity contribution in [1.82, 2.24) is 9.78 Å². The third-order valence-corrected chi connectivity index (χ3v) is 2.78. The normalized spacial score (nSPS) is 11.1. The van der Waals surface area contributed by atoms with Gasteiger partial charge in [0.1, 0.15) is 0 Å². The Kier molecular flexibility index (Phi) is 2.93. The number of aromatic nitrogens is 2. The van der Waals surface area contributed by atoms with Gasteiger partial charge in [-0.2, -0.15) is 5.10 Å². The van der Waals surface area contributed by atoms with Crippen LogP contribution in [0.4, 0.5) is 0 Å². The number of halogens is 1. The quantitative estimate of drug-likeness (QED) is 0.869. The number of rotatable bonds is 3. The van der Waals surface area contributed by atoms with Gasteiger partial charge in [0.25, 0.3) is 0 Å². The van der Waals surface area contributed by atoms with E-state index in [4.69, 9.17) is 16.7 Å². The molecule has 0 unspecified atom stereocenters. The van der Waals surface area contributed by atoms with Gasteiger partial charge in [0.15, 0.2) is 0 Å². The molecule has 0 radical (unpaired) electrons. The molecule has 3 nitrogen and oxygen atoms in total. The molecule has 1 aromatic carbocycles. The van der Waals surface area contributed by atoms with Crippen molar-refractivity contribution in [3.8, 4) is 0 Å². The molecule has 0 spiro atoms. The minimum absolute atomic E-state index is 0.117. The fourth-order valence-corrected chi connectivity index (χ4v) is 2.10. The van der Waals surface area contributed by atoms with Crippen LogP contribution in [0, 0.1) is 0 Å². The van der Waals surface area contributed by atoms with Crippen molar-refractivity contribution in [1.29, 1.82) is 0 Å². The molecule has 1 heterocycles. The molecule has 0 saturated carbocycles. The molecule has 2 rings (SSSR count). The summed E-state index contributed by atoms with van der Waals surface area (Å²) in [5, 5.41) is 15.1. The average Bonchev–Trinajstić information content (AvgIpc) is 2.58. The highest BCUT2D eigenvalue weighted by Gasteiger charge is 2.11. The topological polar surface area (TPSA) is 38.0 Å². The summed E-state index contributed by atoms with van der Waals surface area (Å²) in [6.07, 6.45) is 0.591. The van der Waals surface area contributed by atoms with E-state index in [1.165, 1.54) is 0 Å². The first-order chi connectivity index (χ1) is 7.27. The van der Waals surface area contributed by atoms with Gasteiger partial charge in [-0.15, -0.1) is 0 Å². The first-order valence-corrected chi connectivity index (χ1v) is 5.40. The molecule has 0 aliphatic rings. The van der Waals surface area contributed by atoms with Crippen molar-refractivity contribution in [2.75, 3.05) is 6.61 Å². The van der Waals surface area contributed by atoms with Gasteiger partial charge < -0.3 is 5.11 Å². The maximum absolute atomic E-state index is 9.02. The summed E-state index contributed by atoms with van der Waals surface area (Å²) in [7, 11) is 0. The third kappa shape index (κ3) is 1.73. The number of aryl methyl sites for hydroxylation is 1. The van der Waals surface area contributed by atoms with Crippen molar-refractivity contribution in [3.05, 3.63) is 28.9 Å². The van der Waals surface area contributed by atoms with E-state index < -0.39 is 0 Å². The van der Waals surface area contributed by atoms with Crippen LogP contribution in [0.25, 0.3) is 10.9 Å². The van der Waals surface area contributed by atoms with Crippen LogP contribution in [-0.4, -0.2) is 21.5 Å². The fourth-order valence-electron chi connectivity index (χ4n) is 1.82. The number of hydrogen-bond donors (Lipinski definition) is 1. The zero-order chi connectivity index (χ0) is 10.8. The SMILES string of the molecule is CCn1nc2cccc(Cl)c2c1CCO. The second-order valence-corrected chi connectivity index (χ2v) is 3.78. The molecule has 0 saturated heterocycles. The molecular formula is C11H13ClN2O. The zero-order valence-corrected chi connectivity index (χ0v) is 9.33. The van der Waals surface area contributed by atoms with Crippen LogP contribution in [0.5, 0.6) is 0 Å². The Balaban J connectivity index is 2.70. The standard InChI is InChI=1S/C11H13ClN2O/c1-2-14-10(6-7-15)11-8(12)4-3-5-9(11)13-14/h3-5,15H,2,6-7H2,1H3. The predicted octanol–water partition coefficient (Wildman–Crippen LogP) is 2.24. The number of fused-ring (bicyclic) bond motifs is 1. The highest BCUT2D eigenvalue weighted by Crippen LogP contribution is 2.26. The minimum atomic E-state index is 0.117. The van der Waals surface area contributed by atoms with Gasteiger partial charge >= 0.3 is 0 Å². The van der Waals surface area contributed by atoms with E-state index in [9.17, 15) is 0 Å². The van der Waals surface area contributed by atoms with E-state index in [-0.39, 0.29) is 6.61 Å². The summed E-state index contributed by atoms with van der Waals surface area (Å²) in [5.41, 5.74) is 1.91. The van der Waals surface area contributed by atoms with Crippen LogP contribution >= 0.6 is 11.6 Å². The molecule has 4 heteroatoms. The maximum Gasteiger partial charge on any atom is 0.0941 e. The van der Waals surface area contributed by atoms with E-state index in [1.54, 1.807) is 0 Å². The number of nitrogens with zero attached hydrogens (tertiary/aromatic N) is 2. The van der Waals surface area contributed by atoms with Gasteiger partial charge in [-0.25, -0.2) is 0 Å². The molecule has 1 N–H and O–H groups in total. The predicted molar refractivity (Wildman–Crippen MR) is 61.2 cm³/mol. The Morgan fingerprint density at radius 3 is 2.93 bits per heavy atom. The van der Waals surface area contributed by atoms with Crippen LogP contribution < -0.4 is 0 Å². The summed E-state index contributed by atoms with van der Waals surface area (Å²) >= 11 is 6.13. The molecule has 15 heavy (non-hydrogen) atoms.